The van der Waals surface area contributed by atoms with Gasteiger partial charge in [-0.3, -0.25) is 9.59 Å². The average Bonchev–Trinajstić information content (AvgIpc) is 2.45. The predicted molar refractivity (Wildman–Crippen MR) is 79.6 cm³/mol. The zero-order chi connectivity index (χ0) is 14.8. The minimum absolute atomic E-state index is 0.128. The van der Waals surface area contributed by atoms with Crippen LogP contribution in [0, 0.1) is 12.3 Å². The molecule has 1 N–H and O–H groups in total. The van der Waals surface area contributed by atoms with E-state index in [2.05, 4.69) is 11.2 Å². The van der Waals surface area contributed by atoms with E-state index in [1.165, 1.54) is 11.8 Å². The minimum Gasteiger partial charge on any atom is -0.456 e. The maximum absolute atomic E-state index is 11.4. The van der Waals surface area contributed by atoms with Gasteiger partial charge in [-0.05, 0) is 24.3 Å². The molecule has 0 radical (unpaired) electrons. The van der Waals surface area contributed by atoms with Crippen LogP contribution in [-0.4, -0.2) is 30.8 Å². The van der Waals surface area contributed by atoms with Gasteiger partial charge in [0.1, 0.15) is 0 Å². The van der Waals surface area contributed by atoms with E-state index in [4.69, 9.17) is 22.8 Å². The van der Waals surface area contributed by atoms with Crippen LogP contribution in [0.15, 0.2) is 29.2 Å². The van der Waals surface area contributed by atoms with Crippen LogP contribution in [0.3, 0.4) is 0 Å². The van der Waals surface area contributed by atoms with Crippen molar-refractivity contribution in [3.05, 3.63) is 29.3 Å². The molecule has 1 amide bonds. The summed E-state index contributed by atoms with van der Waals surface area (Å²) in [5.41, 5.74) is 0. The Morgan fingerprint density at radius 3 is 2.70 bits per heavy atom. The number of amides is 1. The van der Waals surface area contributed by atoms with Crippen LogP contribution in [0.2, 0.25) is 5.02 Å². The highest BCUT2D eigenvalue weighted by atomic mass is 35.5. The molecule has 6 heteroatoms. The van der Waals surface area contributed by atoms with E-state index >= 15 is 0 Å². The minimum atomic E-state index is -0.415. The number of halogens is 1. The Morgan fingerprint density at radius 1 is 1.35 bits per heavy atom. The lowest BCUT2D eigenvalue weighted by Gasteiger charge is -2.05. The van der Waals surface area contributed by atoms with Gasteiger partial charge in [-0.1, -0.05) is 17.5 Å². The Hall–Kier alpha value is -1.64. The van der Waals surface area contributed by atoms with Gasteiger partial charge >= 0.3 is 5.97 Å². The number of carbonyl (C=O) groups is 2. The topological polar surface area (TPSA) is 55.4 Å². The molecule has 1 aromatic rings. The molecule has 0 aliphatic rings. The van der Waals surface area contributed by atoms with Gasteiger partial charge in [0.15, 0.2) is 6.61 Å². The number of nitrogens with one attached hydrogen (secondary N) is 1. The number of esters is 1. The summed E-state index contributed by atoms with van der Waals surface area (Å²) in [5.74, 6) is 2.02. The van der Waals surface area contributed by atoms with Crippen molar-refractivity contribution >= 4 is 35.2 Å². The first kappa shape index (κ1) is 16.4. The fourth-order valence-corrected chi connectivity index (χ4v) is 2.16. The van der Waals surface area contributed by atoms with Gasteiger partial charge in [0.2, 0.25) is 0 Å². The lowest BCUT2D eigenvalue weighted by atomic mass is 10.4. The van der Waals surface area contributed by atoms with Crippen molar-refractivity contribution in [1.29, 1.82) is 0 Å². The van der Waals surface area contributed by atoms with Gasteiger partial charge in [-0.15, -0.1) is 18.2 Å². The van der Waals surface area contributed by atoms with Crippen molar-refractivity contribution in [1.82, 2.24) is 5.32 Å². The molecule has 0 saturated carbocycles. The number of rotatable bonds is 7. The first-order valence-electron chi connectivity index (χ1n) is 5.86. The Morgan fingerprint density at radius 2 is 2.05 bits per heavy atom. The van der Waals surface area contributed by atoms with Gasteiger partial charge in [0.25, 0.3) is 5.91 Å². The van der Waals surface area contributed by atoms with Crippen molar-refractivity contribution in [2.24, 2.45) is 0 Å². The van der Waals surface area contributed by atoms with Crippen LogP contribution in [0.1, 0.15) is 6.42 Å². The van der Waals surface area contributed by atoms with E-state index in [0.29, 0.717) is 10.8 Å². The van der Waals surface area contributed by atoms with Crippen LogP contribution >= 0.6 is 23.4 Å². The SMILES string of the molecule is C#CCNC(=O)COC(=O)CCSc1ccc(Cl)cc1. The highest BCUT2D eigenvalue weighted by molar-refractivity contribution is 7.99. The summed E-state index contributed by atoms with van der Waals surface area (Å²) in [7, 11) is 0. The maximum atomic E-state index is 11.4. The summed E-state index contributed by atoms with van der Waals surface area (Å²) in [5, 5.41) is 3.08. The largest absolute Gasteiger partial charge is 0.456 e. The van der Waals surface area contributed by atoms with Crippen molar-refractivity contribution in [2.45, 2.75) is 11.3 Å². The third-order valence-corrected chi connectivity index (χ3v) is 3.41. The fraction of sp³-hybridized carbons (Fsp3) is 0.286. The Kier molecular flexibility index (Phi) is 7.63. The molecule has 0 aliphatic carbocycles. The normalized spacial score (nSPS) is 9.60. The molecule has 106 valence electrons. The van der Waals surface area contributed by atoms with Crippen LogP contribution in [0.25, 0.3) is 0 Å². The van der Waals surface area contributed by atoms with Gasteiger partial charge in [0, 0.05) is 15.7 Å². The molecule has 0 spiro atoms. The predicted octanol–water partition coefficient (Wildman–Crippen LogP) is 2.11. The van der Waals surface area contributed by atoms with Crippen LogP contribution in [0.4, 0.5) is 0 Å². The van der Waals surface area contributed by atoms with Gasteiger partial charge in [-0.2, -0.15) is 0 Å². The summed E-state index contributed by atoms with van der Waals surface area (Å²) in [6.07, 6.45) is 5.21. The van der Waals surface area contributed by atoms with E-state index in [9.17, 15) is 9.59 Å². The Balaban J connectivity index is 2.15. The van der Waals surface area contributed by atoms with Gasteiger partial charge in [-0.25, -0.2) is 0 Å². The van der Waals surface area contributed by atoms with Crippen molar-refractivity contribution in [3.63, 3.8) is 0 Å². The van der Waals surface area contributed by atoms with Crippen molar-refractivity contribution in [2.75, 3.05) is 18.9 Å². The van der Waals surface area contributed by atoms with E-state index in [0.717, 1.165) is 4.90 Å². The first-order chi connectivity index (χ1) is 9.61. The van der Waals surface area contributed by atoms with Crippen LogP contribution in [0.5, 0.6) is 0 Å². The quantitative estimate of drug-likeness (QED) is 0.476. The molecule has 0 unspecified atom stereocenters. The maximum Gasteiger partial charge on any atom is 0.307 e. The molecule has 0 heterocycles. The molecular weight excluding hydrogens is 298 g/mol. The van der Waals surface area contributed by atoms with E-state index in [1.807, 2.05) is 12.1 Å². The average molecular weight is 312 g/mol. The number of ether oxygens (including phenoxy) is 1. The van der Waals surface area contributed by atoms with Crippen molar-refractivity contribution in [3.8, 4) is 12.3 Å². The molecule has 1 aromatic carbocycles. The zero-order valence-electron chi connectivity index (χ0n) is 10.7. The first-order valence-corrected chi connectivity index (χ1v) is 7.22. The molecule has 0 saturated heterocycles. The molecule has 4 nitrogen and oxygen atoms in total. The second-order valence-corrected chi connectivity index (χ2v) is 5.30. The number of thioether (sulfide) groups is 1. The molecule has 0 aromatic heterocycles. The number of carbonyl (C=O) groups excluding carboxylic acids is 2. The second kappa shape index (κ2) is 9.29. The number of hydrogen-bond acceptors (Lipinski definition) is 4. The molecule has 1 rings (SSSR count). The summed E-state index contributed by atoms with van der Waals surface area (Å²) in [4.78, 5) is 23.5. The summed E-state index contributed by atoms with van der Waals surface area (Å²) in [6.45, 7) is -0.172. The summed E-state index contributed by atoms with van der Waals surface area (Å²) < 4.78 is 4.80. The summed E-state index contributed by atoms with van der Waals surface area (Å²) >= 11 is 7.29. The van der Waals surface area contributed by atoms with Crippen LogP contribution < -0.4 is 5.32 Å². The third-order valence-electron chi connectivity index (χ3n) is 2.14. The molecular formula is C14H14ClNO3S. The smallest absolute Gasteiger partial charge is 0.307 e. The monoisotopic (exact) mass is 311 g/mol. The Bertz CT molecular complexity index is 496. The van der Waals surface area contributed by atoms with E-state index in [-0.39, 0.29) is 19.6 Å². The number of benzene rings is 1. The Labute approximate surface area is 127 Å². The highest BCUT2D eigenvalue weighted by Crippen LogP contribution is 2.20. The number of terminal acetylenes is 1. The standard InChI is InChI=1S/C14H14ClNO3S/c1-2-8-16-13(17)10-19-14(18)7-9-20-12-5-3-11(15)4-6-12/h1,3-6H,7-10H2,(H,16,17). The van der Waals surface area contributed by atoms with Gasteiger partial charge < -0.3 is 10.1 Å². The van der Waals surface area contributed by atoms with E-state index < -0.39 is 11.9 Å². The lowest BCUT2D eigenvalue weighted by Crippen LogP contribution is -2.29. The fourth-order valence-electron chi connectivity index (χ4n) is 1.20. The molecule has 0 bridgehead atoms. The molecule has 0 atom stereocenters. The lowest BCUT2D eigenvalue weighted by molar-refractivity contribution is -0.148. The van der Waals surface area contributed by atoms with Crippen LogP contribution in [-0.2, 0) is 14.3 Å². The third kappa shape index (κ3) is 7.07. The summed E-state index contributed by atoms with van der Waals surface area (Å²) in [6, 6.07) is 7.34. The van der Waals surface area contributed by atoms with Crippen molar-refractivity contribution < 1.29 is 14.3 Å². The molecule has 20 heavy (non-hydrogen) atoms. The molecule has 0 fully saturated rings. The van der Waals surface area contributed by atoms with Gasteiger partial charge in [0.05, 0.1) is 13.0 Å². The van der Waals surface area contributed by atoms with E-state index in [1.54, 1.807) is 12.1 Å². The molecule has 0 aliphatic heterocycles. The second-order valence-electron chi connectivity index (χ2n) is 3.69. The highest BCUT2D eigenvalue weighted by Gasteiger charge is 2.07. The number of hydrogen-bond donors (Lipinski definition) is 1. The zero-order valence-corrected chi connectivity index (χ0v) is 12.3.